The Kier molecular flexibility index (Phi) is 7.54. The average molecular weight is 385 g/mol. The maximum absolute atomic E-state index is 13.8. The molecule has 0 aromatic heterocycles. The third kappa shape index (κ3) is 6.12. The van der Waals surface area contributed by atoms with Crippen molar-refractivity contribution in [3.8, 4) is 0 Å². The van der Waals surface area contributed by atoms with Crippen LogP contribution in [0.2, 0.25) is 0 Å². The Bertz CT molecular complexity index is 750. The van der Waals surface area contributed by atoms with Crippen molar-refractivity contribution in [1.29, 1.82) is 0 Å². The van der Waals surface area contributed by atoms with Gasteiger partial charge in [0.15, 0.2) is 0 Å². The van der Waals surface area contributed by atoms with E-state index in [4.69, 9.17) is 10.5 Å². The van der Waals surface area contributed by atoms with Gasteiger partial charge in [0.05, 0.1) is 19.3 Å². The predicted octanol–water partition coefficient (Wildman–Crippen LogP) is 2.28. The lowest BCUT2D eigenvalue weighted by Gasteiger charge is -2.31. The Hall–Kier alpha value is -2.28. The number of carbonyl (C=O) groups excluding carboxylic acids is 1. The molecule has 0 aliphatic carbocycles. The number of benzene rings is 2. The number of rotatable bonds is 8. The van der Waals surface area contributed by atoms with Crippen LogP contribution in [0.5, 0.6) is 0 Å². The molecular formula is C22H28FN3O2. The summed E-state index contributed by atoms with van der Waals surface area (Å²) in [6, 6.07) is 15.9. The normalized spacial score (nSPS) is 17.1. The molecule has 1 heterocycles. The third-order valence-corrected chi connectivity index (χ3v) is 4.97. The zero-order chi connectivity index (χ0) is 19.8. The van der Waals surface area contributed by atoms with Crippen molar-refractivity contribution in [1.82, 2.24) is 10.2 Å². The van der Waals surface area contributed by atoms with Crippen molar-refractivity contribution in [2.75, 3.05) is 32.8 Å². The van der Waals surface area contributed by atoms with E-state index in [1.54, 1.807) is 18.2 Å². The average Bonchev–Trinajstić information content (AvgIpc) is 2.70. The SMILES string of the molecule is N[C@@H](CC(=O)NC(CN1CCOCC1)c1ccccc1)Cc1ccccc1F. The summed E-state index contributed by atoms with van der Waals surface area (Å²) < 4.78 is 19.2. The van der Waals surface area contributed by atoms with Gasteiger partial charge in [-0.3, -0.25) is 9.69 Å². The minimum absolute atomic E-state index is 0.118. The smallest absolute Gasteiger partial charge is 0.222 e. The number of morpholine rings is 1. The Balaban J connectivity index is 1.59. The lowest BCUT2D eigenvalue weighted by Crippen LogP contribution is -2.44. The van der Waals surface area contributed by atoms with E-state index in [2.05, 4.69) is 10.2 Å². The molecule has 1 aliphatic heterocycles. The number of hydrogen-bond acceptors (Lipinski definition) is 4. The molecule has 3 rings (SSSR count). The molecule has 0 bridgehead atoms. The second kappa shape index (κ2) is 10.3. The number of nitrogens with zero attached hydrogens (tertiary/aromatic N) is 1. The molecule has 6 heteroatoms. The Labute approximate surface area is 165 Å². The van der Waals surface area contributed by atoms with Gasteiger partial charge in [-0.25, -0.2) is 4.39 Å². The maximum atomic E-state index is 13.8. The van der Waals surface area contributed by atoms with Gasteiger partial charge in [0.25, 0.3) is 0 Å². The van der Waals surface area contributed by atoms with Gasteiger partial charge in [0.1, 0.15) is 5.82 Å². The molecule has 2 atom stereocenters. The highest BCUT2D eigenvalue weighted by atomic mass is 19.1. The standard InChI is InChI=1S/C22H28FN3O2/c23-20-9-5-4-8-18(20)14-19(24)15-22(27)25-21(17-6-2-1-3-7-17)16-26-10-12-28-13-11-26/h1-9,19,21H,10-16,24H2,(H,25,27)/t19-,21?/m1/s1. The molecule has 2 aromatic carbocycles. The second-order valence-electron chi connectivity index (χ2n) is 7.20. The molecule has 2 aromatic rings. The molecule has 3 N–H and O–H groups in total. The summed E-state index contributed by atoms with van der Waals surface area (Å²) in [6.07, 6.45) is 0.486. The molecule has 0 saturated carbocycles. The first kappa shape index (κ1) is 20.5. The first-order chi connectivity index (χ1) is 13.6. The zero-order valence-electron chi connectivity index (χ0n) is 16.0. The Morgan fingerprint density at radius 3 is 2.50 bits per heavy atom. The topological polar surface area (TPSA) is 67.6 Å². The summed E-state index contributed by atoms with van der Waals surface area (Å²) >= 11 is 0. The number of carbonyl (C=O) groups is 1. The van der Waals surface area contributed by atoms with E-state index in [1.807, 2.05) is 30.3 Å². The van der Waals surface area contributed by atoms with Gasteiger partial charge < -0.3 is 15.8 Å². The summed E-state index contributed by atoms with van der Waals surface area (Å²) in [5.41, 5.74) is 7.72. The highest BCUT2D eigenvalue weighted by Crippen LogP contribution is 2.16. The lowest BCUT2D eigenvalue weighted by atomic mass is 10.0. The van der Waals surface area contributed by atoms with Crippen LogP contribution < -0.4 is 11.1 Å². The predicted molar refractivity (Wildman–Crippen MR) is 107 cm³/mol. The summed E-state index contributed by atoms with van der Waals surface area (Å²) in [6.45, 7) is 3.85. The van der Waals surface area contributed by atoms with Crippen LogP contribution in [0.4, 0.5) is 4.39 Å². The number of nitrogens with one attached hydrogen (secondary N) is 1. The fourth-order valence-electron chi connectivity index (χ4n) is 3.47. The van der Waals surface area contributed by atoms with Gasteiger partial charge in [-0.2, -0.15) is 0 Å². The van der Waals surface area contributed by atoms with Crippen LogP contribution in [-0.4, -0.2) is 49.7 Å². The van der Waals surface area contributed by atoms with E-state index in [0.29, 0.717) is 25.2 Å². The number of halogens is 1. The van der Waals surface area contributed by atoms with Crippen LogP contribution in [0.1, 0.15) is 23.6 Å². The quantitative estimate of drug-likeness (QED) is 0.732. The van der Waals surface area contributed by atoms with E-state index >= 15 is 0 Å². The number of nitrogens with two attached hydrogens (primary N) is 1. The Morgan fingerprint density at radius 2 is 1.79 bits per heavy atom. The monoisotopic (exact) mass is 385 g/mol. The van der Waals surface area contributed by atoms with Gasteiger partial charge in [0, 0.05) is 32.1 Å². The summed E-state index contributed by atoms with van der Waals surface area (Å²) in [5, 5.41) is 3.12. The van der Waals surface area contributed by atoms with Crippen molar-refractivity contribution >= 4 is 5.91 Å². The van der Waals surface area contributed by atoms with E-state index in [0.717, 1.165) is 25.2 Å². The minimum Gasteiger partial charge on any atom is -0.379 e. The van der Waals surface area contributed by atoms with Gasteiger partial charge in [-0.1, -0.05) is 48.5 Å². The largest absolute Gasteiger partial charge is 0.379 e. The fraction of sp³-hybridized carbons (Fsp3) is 0.409. The molecule has 0 spiro atoms. The van der Waals surface area contributed by atoms with Crippen LogP contribution in [0.25, 0.3) is 0 Å². The molecule has 1 amide bonds. The van der Waals surface area contributed by atoms with E-state index in [9.17, 15) is 9.18 Å². The lowest BCUT2D eigenvalue weighted by molar-refractivity contribution is -0.122. The van der Waals surface area contributed by atoms with Crippen LogP contribution in [0, 0.1) is 5.82 Å². The van der Waals surface area contributed by atoms with Crippen molar-refractivity contribution in [2.45, 2.75) is 24.9 Å². The van der Waals surface area contributed by atoms with Crippen molar-refractivity contribution in [3.05, 3.63) is 71.5 Å². The number of hydrogen-bond donors (Lipinski definition) is 2. The van der Waals surface area contributed by atoms with E-state index < -0.39 is 6.04 Å². The molecule has 1 saturated heterocycles. The van der Waals surface area contributed by atoms with E-state index in [-0.39, 0.29) is 24.2 Å². The first-order valence-corrected chi connectivity index (χ1v) is 9.75. The fourth-order valence-corrected chi connectivity index (χ4v) is 3.47. The van der Waals surface area contributed by atoms with Crippen LogP contribution >= 0.6 is 0 Å². The van der Waals surface area contributed by atoms with Gasteiger partial charge >= 0.3 is 0 Å². The highest BCUT2D eigenvalue weighted by molar-refractivity contribution is 5.77. The van der Waals surface area contributed by atoms with Gasteiger partial charge in [-0.05, 0) is 23.6 Å². The molecule has 0 radical (unpaired) electrons. The minimum atomic E-state index is -0.434. The molecule has 28 heavy (non-hydrogen) atoms. The number of ether oxygens (including phenoxy) is 1. The number of amides is 1. The van der Waals surface area contributed by atoms with Crippen LogP contribution in [0.15, 0.2) is 54.6 Å². The van der Waals surface area contributed by atoms with Gasteiger partial charge in [-0.15, -0.1) is 0 Å². The summed E-state index contributed by atoms with van der Waals surface area (Å²) in [7, 11) is 0. The first-order valence-electron chi connectivity index (χ1n) is 9.75. The molecule has 1 unspecified atom stereocenters. The van der Waals surface area contributed by atoms with E-state index in [1.165, 1.54) is 6.07 Å². The third-order valence-electron chi connectivity index (χ3n) is 4.97. The van der Waals surface area contributed by atoms with Crippen molar-refractivity contribution in [3.63, 3.8) is 0 Å². The molecule has 1 aliphatic rings. The second-order valence-corrected chi connectivity index (χ2v) is 7.20. The highest BCUT2D eigenvalue weighted by Gasteiger charge is 2.21. The summed E-state index contributed by atoms with van der Waals surface area (Å²) in [5.74, 6) is -0.404. The summed E-state index contributed by atoms with van der Waals surface area (Å²) in [4.78, 5) is 14.9. The molecule has 150 valence electrons. The molecular weight excluding hydrogens is 357 g/mol. The molecule has 1 fully saturated rings. The molecule has 5 nitrogen and oxygen atoms in total. The Morgan fingerprint density at radius 1 is 1.11 bits per heavy atom. The van der Waals surface area contributed by atoms with Gasteiger partial charge in [0.2, 0.25) is 5.91 Å². The van der Waals surface area contributed by atoms with Crippen LogP contribution in [-0.2, 0) is 16.0 Å². The maximum Gasteiger partial charge on any atom is 0.222 e. The van der Waals surface area contributed by atoms with Crippen molar-refractivity contribution in [2.24, 2.45) is 5.73 Å². The van der Waals surface area contributed by atoms with Crippen LogP contribution in [0.3, 0.4) is 0 Å². The van der Waals surface area contributed by atoms with Crippen molar-refractivity contribution < 1.29 is 13.9 Å². The zero-order valence-corrected chi connectivity index (χ0v) is 16.0.